The number of aliphatic carboxylic acids is 1. The molecule has 2 saturated carbocycles. The van der Waals surface area contributed by atoms with E-state index in [2.05, 4.69) is 6.07 Å². The summed E-state index contributed by atoms with van der Waals surface area (Å²) in [5, 5.41) is 26.4. The van der Waals surface area contributed by atoms with Crippen molar-refractivity contribution in [3.63, 3.8) is 0 Å². The summed E-state index contributed by atoms with van der Waals surface area (Å²) in [4.78, 5) is 22.7. The molecule has 5 atom stereocenters. The van der Waals surface area contributed by atoms with Crippen LogP contribution in [0.25, 0.3) is 6.15 Å². The summed E-state index contributed by atoms with van der Waals surface area (Å²) in [6.45, 7) is 1.44. The molecule has 10 heteroatoms. The Bertz CT molecular complexity index is 1350. The smallest absolute Gasteiger partial charge is 0.693 e. The molecular formula is C33H37ClN2NaO6+. The molecular weight excluding hydrogens is 579 g/mol. The number of carboxylic acid groups (broad SMARTS) is 1. The number of hydrogen-bond donors (Lipinski definition) is 2. The summed E-state index contributed by atoms with van der Waals surface area (Å²) in [7, 11) is 0. The molecule has 4 N–H and O–H groups in total. The van der Waals surface area contributed by atoms with Crippen LogP contribution in [0.3, 0.4) is 0 Å². The van der Waals surface area contributed by atoms with Gasteiger partial charge < -0.3 is 25.8 Å². The van der Waals surface area contributed by atoms with Gasteiger partial charge in [0.2, 0.25) is 0 Å². The quantitative estimate of drug-likeness (QED) is 0.187. The summed E-state index contributed by atoms with van der Waals surface area (Å²) in [6.07, 6.45) is 2.44. The number of aliphatic hydroxyl groups excluding tert-OH is 1. The monoisotopic (exact) mass is 615 g/mol. The second-order valence-corrected chi connectivity index (χ2v) is 10.8. The van der Waals surface area contributed by atoms with Gasteiger partial charge in [0.15, 0.2) is 0 Å². The predicted molar refractivity (Wildman–Crippen MR) is 161 cm³/mol. The van der Waals surface area contributed by atoms with Crippen LogP contribution in [-0.2, 0) is 36.3 Å². The van der Waals surface area contributed by atoms with Crippen LogP contribution in [-0.4, -0.2) is 54.0 Å². The SMILES string of the molecule is ClCC1CO1.N#CCc1ccccc1.O=C(O)C1(c2ccccc2)CC1CO.O=C1OCC2CC12c1ccccc1.[H+].[NH2-].[Na+]. The molecule has 4 fully saturated rings. The Balaban J connectivity index is 0.000000301. The third-order valence-electron chi connectivity index (χ3n) is 7.87. The number of carboxylic acids is 1. The first-order chi connectivity index (χ1) is 19.9. The Hall–Kier alpha value is -2.74. The van der Waals surface area contributed by atoms with Gasteiger partial charge in [-0.3, -0.25) is 9.59 Å². The fourth-order valence-electron chi connectivity index (χ4n) is 5.16. The number of hydrogen-bond acceptors (Lipinski definition) is 6. The van der Waals surface area contributed by atoms with Crippen LogP contribution in [0.4, 0.5) is 0 Å². The molecule has 8 nitrogen and oxygen atoms in total. The van der Waals surface area contributed by atoms with Crippen molar-refractivity contribution in [2.24, 2.45) is 11.8 Å². The molecule has 0 bridgehead atoms. The molecule has 5 unspecified atom stereocenters. The van der Waals surface area contributed by atoms with E-state index in [1.54, 1.807) is 0 Å². The summed E-state index contributed by atoms with van der Waals surface area (Å²) in [5.74, 6) is 0.135. The first-order valence-electron chi connectivity index (χ1n) is 13.6. The van der Waals surface area contributed by atoms with E-state index in [0.717, 1.165) is 29.7 Å². The van der Waals surface area contributed by atoms with Crippen molar-refractivity contribution in [3.05, 3.63) is 114 Å². The molecule has 0 amide bonds. The molecule has 43 heavy (non-hydrogen) atoms. The normalized spacial score (nSPS) is 26.2. The van der Waals surface area contributed by atoms with Crippen LogP contribution in [0.2, 0.25) is 0 Å². The molecule has 2 saturated heterocycles. The van der Waals surface area contributed by atoms with Crippen LogP contribution in [0.5, 0.6) is 0 Å². The van der Waals surface area contributed by atoms with E-state index in [4.69, 9.17) is 36.5 Å². The molecule has 2 heterocycles. The van der Waals surface area contributed by atoms with Gasteiger partial charge in [0.25, 0.3) is 0 Å². The first-order valence-corrected chi connectivity index (χ1v) is 14.2. The molecule has 7 rings (SSSR count). The zero-order valence-corrected chi connectivity index (χ0v) is 27.0. The number of alkyl halides is 1. The van der Waals surface area contributed by atoms with E-state index >= 15 is 0 Å². The maximum atomic E-state index is 11.5. The van der Waals surface area contributed by atoms with Crippen LogP contribution in [0.1, 0.15) is 31.0 Å². The predicted octanol–water partition coefficient (Wildman–Crippen LogP) is 2.73. The van der Waals surface area contributed by atoms with Crippen LogP contribution >= 0.6 is 11.6 Å². The van der Waals surface area contributed by atoms with Crippen LogP contribution in [0.15, 0.2) is 91.0 Å². The minimum atomic E-state index is -0.831. The number of carbonyl (C=O) groups is 2. The molecule has 0 aromatic heterocycles. The maximum Gasteiger partial charge on any atom is 1.00 e. The van der Waals surface area contributed by atoms with Gasteiger partial charge in [0.05, 0.1) is 48.5 Å². The number of aliphatic hydroxyl groups is 1. The first kappa shape index (κ1) is 36.5. The Morgan fingerprint density at radius 1 is 0.953 bits per heavy atom. The van der Waals surface area contributed by atoms with E-state index in [1.165, 1.54) is 0 Å². The maximum absolute atomic E-state index is 11.5. The second-order valence-electron chi connectivity index (χ2n) is 10.5. The van der Waals surface area contributed by atoms with Crippen LogP contribution in [0, 0.1) is 23.2 Å². The molecule has 2 aliphatic carbocycles. The number of nitrogens with zero attached hydrogens (tertiary/aromatic N) is 1. The number of carbonyl (C=O) groups excluding carboxylic acids is 1. The van der Waals surface area contributed by atoms with Gasteiger partial charge in [0, 0.05) is 18.4 Å². The third kappa shape index (κ3) is 8.90. The molecule has 2 aliphatic heterocycles. The minimum Gasteiger partial charge on any atom is -0.693 e. The van der Waals surface area contributed by atoms with E-state index in [-0.39, 0.29) is 61.0 Å². The van der Waals surface area contributed by atoms with Gasteiger partial charge in [0.1, 0.15) is 0 Å². The molecule has 3 aromatic rings. The number of benzene rings is 3. The van der Waals surface area contributed by atoms with Gasteiger partial charge >= 0.3 is 42.9 Å². The van der Waals surface area contributed by atoms with Crippen molar-refractivity contribution >= 4 is 23.5 Å². The number of cyclic esters (lactones) is 1. The largest absolute Gasteiger partial charge is 1.00 e. The van der Waals surface area contributed by atoms with E-state index < -0.39 is 11.4 Å². The van der Waals surface area contributed by atoms with Crippen molar-refractivity contribution in [2.75, 3.05) is 25.7 Å². The van der Waals surface area contributed by atoms with Crippen molar-refractivity contribution in [2.45, 2.75) is 36.2 Å². The number of fused-ring (bicyclic) bond motifs is 1. The number of rotatable bonds is 6. The number of ether oxygens (including phenoxy) is 2. The zero-order chi connectivity index (χ0) is 29.3. The average molecular weight is 616 g/mol. The number of halogens is 1. The number of nitrogens with two attached hydrogens (primary N) is 1. The summed E-state index contributed by atoms with van der Waals surface area (Å²) in [5.41, 5.74) is 1.94. The fourth-order valence-corrected chi connectivity index (χ4v) is 5.34. The number of esters is 1. The number of nitriles is 1. The molecule has 0 radical (unpaired) electrons. The van der Waals surface area contributed by atoms with Crippen LogP contribution < -0.4 is 29.6 Å². The third-order valence-corrected chi connectivity index (χ3v) is 8.21. The van der Waals surface area contributed by atoms with E-state index in [9.17, 15) is 9.59 Å². The molecule has 3 aromatic carbocycles. The topological polar surface area (TPSA) is 154 Å². The molecule has 222 valence electrons. The molecule has 0 spiro atoms. The molecule has 4 aliphatic rings. The Morgan fingerprint density at radius 2 is 1.49 bits per heavy atom. The van der Waals surface area contributed by atoms with Crippen molar-refractivity contribution < 1.29 is 60.3 Å². The van der Waals surface area contributed by atoms with E-state index in [1.807, 2.05) is 91.0 Å². The summed E-state index contributed by atoms with van der Waals surface area (Å²) < 4.78 is 9.76. The minimum absolute atomic E-state index is 0. The van der Waals surface area contributed by atoms with Crippen molar-refractivity contribution in [1.29, 1.82) is 5.26 Å². The zero-order valence-electron chi connectivity index (χ0n) is 25.3. The fraction of sp³-hybridized carbons (Fsp3) is 0.364. The van der Waals surface area contributed by atoms with Gasteiger partial charge in [-0.15, -0.1) is 11.6 Å². The van der Waals surface area contributed by atoms with Gasteiger partial charge in [-0.25, -0.2) is 0 Å². The van der Waals surface area contributed by atoms with Crippen molar-refractivity contribution in [3.8, 4) is 6.07 Å². The standard InChI is InChI=1S/C11H12O3.C11H10O2.C8H7N.C3H5ClO.H2N.Na/c12-7-9-6-11(9,10(13)14)8-4-2-1-3-5-8;12-10-11(6-9(11)7-13-10)8-4-2-1-3-5-8;9-7-6-8-4-2-1-3-5-8;4-1-3-2-5-3;;/h1-5,9,12H,6-7H2,(H,13,14);1-5,9H,6-7H2;1-5H,6H2;3H,1-2H2;1H2;/q;;;;-1;+1/p+1. The van der Waals surface area contributed by atoms with Gasteiger partial charge in [-0.05, 0) is 29.5 Å². The average Bonchev–Trinajstić information content (AvgIpc) is 3.93. The van der Waals surface area contributed by atoms with E-state index in [0.29, 0.717) is 37.4 Å². The Morgan fingerprint density at radius 3 is 1.84 bits per heavy atom. The Kier molecular flexibility index (Phi) is 14.4. The van der Waals surface area contributed by atoms with Gasteiger partial charge in [-0.1, -0.05) is 91.0 Å². The van der Waals surface area contributed by atoms with Crippen molar-refractivity contribution in [1.82, 2.24) is 0 Å². The van der Waals surface area contributed by atoms with Gasteiger partial charge in [-0.2, -0.15) is 5.26 Å². The summed E-state index contributed by atoms with van der Waals surface area (Å²) >= 11 is 5.27. The summed E-state index contributed by atoms with van der Waals surface area (Å²) in [6, 6.07) is 30.9. The Labute approximate surface area is 281 Å². The number of epoxide rings is 1. The second kappa shape index (κ2) is 16.9.